The van der Waals surface area contributed by atoms with Crippen LogP contribution in [0.15, 0.2) is 54.6 Å². The number of nitriles is 1. The molecule has 0 saturated carbocycles. The van der Waals surface area contributed by atoms with Gasteiger partial charge in [-0.15, -0.1) is 0 Å². The number of aliphatic hydroxyl groups excluding tert-OH is 1. The fraction of sp³-hybridized carbons (Fsp3) is 0.111. The molecule has 108 valence electrons. The van der Waals surface area contributed by atoms with E-state index in [1.807, 2.05) is 42.5 Å². The number of anilines is 1. The lowest BCUT2D eigenvalue weighted by molar-refractivity contribution is 0.282. The summed E-state index contributed by atoms with van der Waals surface area (Å²) in [6.07, 6.45) is 0. The molecule has 3 aromatic rings. The highest BCUT2D eigenvalue weighted by molar-refractivity contribution is 5.81. The zero-order chi connectivity index (χ0) is 15.4. The van der Waals surface area contributed by atoms with Crippen LogP contribution in [0.1, 0.15) is 16.7 Å². The molecule has 0 amide bonds. The molecule has 0 aliphatic carbocycles. The van der Waals surface area contributed by atoms with Crippen LogP contribution < -0.4 is 5.32 Å². The van der Waals surface area contributed by atoms with Gasteiger partial charge in [0.2, 0.25) is 0 Å². The Morgan fingerprint density at radius 1 is 1.09 bits per heavy atom. The van der Waals surface area contributed by atoms with E-state index in [9.17, 15) is 5.11 Å². The number of nitrogens with zero attached hydrogens (tertiary/aromatic N) is 2. The Hall–Kier alpha value is -2.90. The van der Waals surface area contributed by atoms with Gasteiger partial charge in [0.25, 0.3) is 0 Å². The number of hydrogen-bond donors (Lipinski definition) is 2. The van der Waals surface area contributed by atoms with Gasteiger partial charge in [0.15, 0.2) is 0 Å². The minimum atomic E-state index is -0.0620. The predicted molar refractivity (Wildman–Crippen MR) is 86.1 cm³/mol. The van der Waals surface area contributed by atoms with Crippen LogP contribution in [-0.4, -0.2) is 10.1 Å². The molecule has 3 rings (SSSR count). The molecular formula is C18H15N3O. The number of fused-ring (bicyclic) bond motifs is 1. The van der Waals surface area contributed by atoms with Gasteiger partial charge in [0.05, 0.1) is 23.8 Å². The van der Waals surface area contributed by atoms with E-state index >= 15 is 0 Å². The SMILES string of the molecule is N#Cc1ccc(CNc2nc3ccccc3cc2CO)cc1. The molecule has 0 atom stereocenters. The van der Waals surface area contributed by atoms with Gasteiger partial charge in [-0.25, -0.2) is 4.98 Å². The van der Waals surface area contributed by atoms with Gasteiger partial charge in [0.1, 0.15) is 5.82 Å². The summed E-state index contributed by atoms with van der Waals surface area (Å²) in [6.45, 7) is 0.525. The molecule has 0 saturated heterocycles. The van der Waals surface area contributed by atoms with Gasteiger partial charge in [-0.2, -0.15) is 5.26 Å². The fourth-order valence-corrected chi connectivity index (χ4v) is 2.32. The fourth-order valence-electron chi connectivity index (χ4n) is 2.32. The van der Waals surface area contributed by atoms with Crippen LogP contribution in [0.5, 0.6) is 0 Å². The molecule has 0 unspecified atom stereocenters. The largest absolute Gasteiger partial charge is 0.392 e. The summed E-state index contributed by atoms with van der Waals surface area (Å²) >= 11 is 0. The third-order valence-corrected chi connectivity index (χ3v) is 3.52. The first-order valence-electron chi connectivity index (χ1n) is 7.02. The van der Waals surface area contributed by atoms with Crippen molar-refractivity contribution in [1.82, 2.24) is 4.98 Å². The zero-order valence-electron chi connectivity index (χ0n) is 12.0. The highest BCUT2D eigenvalue weighted by Gasteiger charge is 2.06. The second kappa shape index (κ2) is 6.25. The Morgan fingerprint density at radius 2 is 1.86 bits per heavy atom. The average molecular weight is 289 g/mol. The molecular weight excluding hydrogens is 274 g/mol. The van der Waals surface area contributed by atoms with Crippen LogP contribution in [0.3, 0.4) is 0 Å². The molecule has 1 aromatic heterocycles. The van der Waals surface area contributed by atoms with Crippen LogP contribution in [0.25, 0.3) is 10.9 Å². The monoisotopic (exact) mass is 289 g/mol. The molecule has 0 spiro atoms. The van der Waals surface area contributed by atoms with Crippen molar-refractivity contribution in [2.75, 3.05) is 5.32 Å². The van der Waals surface area contributed by atoms with E-state index in [0.29, 0.717) is 17.9 Å². The van der Waals surface area contributed by atoms with Crippen LogP contribution in [0.2, 0.25) is 0 Å². The number of nitrogens with one attached hydrogen (secondary N) is 1. The third kappa shape index (κ3) is 2.90. The summed E-state index contributed by atoms with van der Waals surface area (Å²) in [5.74, 6) is 0.686. The van der Waals surface area contributed by atoms with E-state index in [1.54, 1.807) is 12.1 Å². The maximum Gasteiger partial charge on any atom is 0.132 e. The first-order valence-corrected chi connectivity index (χ1v) is 7.02. The van der Waals surface area contributed by atoms with Crippen molar-refractivity contribution in [3.05, 3.63) is 71.3 Å². The molecule has 0 aliphatic rings. The Morgan fingerprint density at radius 3 is 2.59 bits per heavy atom. The van der Waals surface area contributed by atoms with Gasteiger partial charge >= 0.3 is 0 Å². The molecule has 22 heavy (non-hydrogen) atoms. The summed E-state index contributed by atoms with van der Waals surface area (Å²) < 4.78 is 0. The van der Waals surface area contributed by atoms with Crippen LogP contribution in [0, 0.1) is 11.3 Å². The van der Waals surface area contributed by atoms with Crippen molar-refractivity contribution in [2.24, 2.45) is 0 Å². The second-order valence-corrected chi connectivity index (χ2v) is 5.01. The molecule has 0 fully saturated rings. The minimum Gasteiger partial charge on any atom is -0.392 e. The van der Waals surface area contributed by atoms with E-state index in [-0.39, 0.29) is 6.61 Å². The summed E-state index contributed by atoms with van der Waals surface area (Å²) in [6, 6.07) is 19.3. The van der Waals surface area contributed by atoms with Crippen molar-refractivity contribution in [1.29, 1.82) is 5.26 Å². The van der Waals surface area contributed by atoms with Crippen LogP contribution >= 0.6 is 0 Å². The lowest BCUT2D eigenvalue weighted by atomic mass is 10.1. The molecule has 4 heteroatoms. The molecule has 4 nitrogen and oxygen atoms in total. The van der Waals surface area contributed by atoms with Gasteiger partial charge in [0, 0.05) is 17.5 Å². The van der Waals surface area contributed by atoms with E-state index in [2.05, 4.69) is 16.4 Å². The predicted octanol–water partition coefficient (Wildman–Crippen LogP) is 3.21. The van der Waals surface area contributed by atoms with Gasteiger partial charge in [-0.3, -0.25) is 0 Å². The Balaban J connectivity index is 1.84. The first-order chi connectivity index (χ1) is 10.8. The van der Waals surface area contributed by atoms with E-state index in [0.717, 1.165) is 22.0 Å². The standard InChI is InChI=1S/C18H15N3O/c19-10-13-5-7-14(8-6-13)11-20-18-16(12-22)9-15-3-1-2-4-17(15)21-18/h1-9,22H,11-12H2,(H,20,21). The Bertz CT molecular complexity index is 835. The van der Waals surface area contributed by atoms with Crippen LogP contribution in [0.4, 0.5) is 5.82 Å². The summed E-state index contributed by atoms with van der Waals surface area (Å²) in [4.78, 5) is 4.57. The van der Waals surface area contributed by atoms with Gasteiger partial charge in [-0.1, -0.05) is 30.3 Å². The minimum absolute atomic E-state index is 0.0620. The lowest BCUT2D eigenvalue weighted by Crippen LogP contribution is -2.05. The number of para-hydroxylation sites is 1. The maximum atomic E-state index is 9.53. The lowest BCUT2D eigenvalue weighted by Gasteiger charge is -2.11. The third-order valence-electron chi connectivity index (χ3n) is 3.52. The first kappa shape index (κ1) is 14.1. The second-order valence-electron chi connectivity index (χ2n) is 5.01. The van der Waals surface area contributed by atoms with Crippen molar-refractivity contribution in [3.8, 4) is 6.07 Å². The zero-order valence-corrected chi connectivity index (χ0v) is 12.0. The number of hydrogen-bond acceptors (Lipinski definition) is 4. The molecule has 2 aromatic carbocycles. The topological polar surface area (TPSA) is 68.9 Å². The number of aromatic nitrogens is 1. The summed E-state index contributed by atoms with van der Waals surface area (Å²) in [7, 11) is 0. The maximum absolute atomic E-state index is 9.53. The summed E-state index contributed by atoms with van der Waals surface area (Å²) in [5.41, 5.74) is 3.36. The van der Waals surface area contributed by atoms with E-state index in [4.69, 9.17) is 5.26 Å². The van der Waals surface area contributed by atoms with Crippen molar-refractivity contribution < 1.29 is 5.11 Å². The number of rotatable bonds is 4. The van der Waals surface area contributed by atoms with E-state index in [1.165, 1.54) is 0 Å². The molecule has 0 bridgehead atoms. The molecule has 2 N–H and O–H groups in total. The van der Waals surface area contributed by atoms with E-state index < -0.39 is 0 Å². The smallest absolute Gasteiger partial charge is 0.132 e. The number of benzene rings is 2. The van der Waals surface area contributed by atoms with Gasteiger partial charge < -0.3 is 10.4 Å². The number of pyridine rings is 1. The molecule has 1 heterocycles. The summed E-state index contributed by atoms with van der Waals surface area (Å²) in [5, 5.41) is 22.6. The quantitative estimate of drug-likeness (QED) is 0.774. The van der Waals surface area contributed by atoms with Gasteiger partial charge in [-0.05, 0) is 29.8 Å². The highest BCUT2D eigenvalue weighted by Crippen LogP contribution is 2.21. The van der Waals surface area contributed by atoms with Crippen LogP contribution in [-0.2, 0) is 13.2 Å². The van der Waals surface area contributed by atoms with Crippen molar-refractivity contribution in [2.45, 2.75) is 13.2 Å². The van der Waals surface area contributed by atoms with Crippen molar-refractivity contribution >= 4 is 16.7 Å². The highest BCUT2D eigenvalue weighted by atomic mass is 16.3. The number of aliphatic hydroxyl groups is 1. The molecule has 0 aliphatic heterocycles. The average Bonchev–Trinajstić information content (AvgIpc) is 2.59. The Labute approximate surface area is 128 Å². The molecule has 0 radical (unpaired) electrons. The normalized spacial score (nSPS) is 10.4. The Kier molecular flexibility index (Phi) is 3.99. The van der Waals surface area contributed by atoms with Crippen molar-refractivity contribution in [3.63, 3.8) is 0 Å².